The van der Waals surface area contributed by atoms with Crippen LogP contribution in [-0.4, -0.2) is 42.6 Å². The fourth-order valence-corrected chi connectivity index (χ4v) is 4.70. The summed E-state index contributed by atoms with van der Waals surface area (Å²) >= 11 is 6.17. The molecule has 1 aliphatic rings. The molecule has 1 N–H and O–H groups in total. The standard InChI is InChI=1S/C25H20ClN7O2/c1-13-11-17(12-32-14(2)30-31-23(13)32)33-21(15-6-8-16(26)9-7-15)19-20(25(33)34)29-22(28-19)18-5-4-10-27-24(18)35-3/h4-12,21H,1-3H3,(H,28,29)/t21-/m1/s1. The number of hydrogen-bond donors (Lipinski definition) is 1. The molecule has 5 heterocycles. The first kappa shape index (κ1) is 21.3. The SMILES string of the molecule is COc1ncccc1-c1nc2c([nH]1)[C@@H](c1ccc(Cl)cc1)N(c1cc(C)c3nnc(C)n3c1)C2=O. The summed E-state index contributed by atoms with van der Waals surface area (Å²) in [6.45, 7) is 3.83. The summed E-state index contributed by atoms with van der Waals surface area (Å²) in [6.07, 6.45) is 3.53. The molecule has 1 aromatic carbocycles. The number of halogens is 1. The van der Waals surface area contributed by atoms with Gasteiger partial charge in [-0.3, -0.25) is 14.1 Å². The average molecular weight is 486 g/mol. The number of ether oxygens (including phenoxy) is 1. The van der Waals surface area contributed by atoms with Gasteiger partial charge in [0.1, 0.15) is 17.7 Å². The van der Waals surface area contributed by atoms with E-state index in [0.29, 0.717) is 33.7 Å². The van der Waals surface area contributed by atoms with Crippen molar-refractivity contribution in [2.75, 3.05) is 12.0 Å². The van der Waals surface area contributed by atoms with Crippen LogP contribution in [0.4, 0.5) is 5.69 Å². The number of aromatic amines is 1. The molecule has 174 valence electrons. The van der Waals surface area contributed by atoms with Crippen LogP contribution < -0.4 is 9.64 Å². The minimum atomic E-state index is -0.438. The summed E-state index contributed by atoms with van der Waals surface area (Å²) in [7, 11) is 1.55. The molecule has 4 aromatic heterocycles. The van der Waals surface area contributed by atoms with E-state index in [0.717, 1.165) is 28.3 Å². The number of nitrogens with zero attached hydrogens (tertiary/aromatic N) is 6. The van der Waals surface area contributed by atoms with E-state index >= 15 is 0 Å². The third-order valence-electron chi connectivity index (χ3n) is 6.21. The van der Waals surface area contributed by atoms with Gasteiger partial charge in [-0.2, -0.15) is 0 Å². The van der Waals surface area contributed by atoms with Crippen LogP contribution >= 0.6 is 11.6 Å². The number of imidazole rings is 1. The van der Waals surface area contributed by atoms with E-state index in [1.807, 2.05) is 60.8 Å². The molecule has 0 unspecified atom stereocenters. The molecule has 0 spiro atoms. The van der Waals surface area contributed by atoms with Crippen molar-refractivity contribution in [3.05, 3.63) is 88.2 Å². The number of aromatic nitrogens is 6. The van der Waals surface area contributed by atoms with E-state index in [9.17, 15) is 4.79 Å². The molecule has 0 fully saturated rings. The highest BCUT2D eigenvalue weighted by molar-refractivity contribution is 6.30. The minimum absolute atomic E-state index is 0.213. The highest BCUT2D eigenvalue weighted by Crippen LogP contribution is 2.42. The van der Waals surface area contributed by atoms with Crippen LogP contribution in [0.25, 0.3) is 17.0 Å². The predicted molar refractivity (Wildman–Crippen MR) is 131 cm³/mol. The number of anilines is 1. The highest BCUT2D eigenvalue weighted by atomic mass is 35.5. The normalized spacial score (nSPS) is 15.1. The van der Waals surface area contributed by atoms with Gasteiger partial charge in [0, 0.05) is 17.4 Å². The molecule has 6 rings (SSSR count). The van der Waals surface area contributed by atoms with E-state index in [-0.39, 0.29) is 5.91 Å². The first-order chi connectivity index (χ1) is 17.0. The Bertz CT molecular complexity index is 1610. The van der Waals surface area contributed by atoms with E-state index in [1.54, 1.807) is 24.3 Å². The van der Waals surface area contributed by atoms with Gasteiger partial charge in [-0.1, -0.05) is 23.7 Å². The van der Waals surface area contributed by atoms with Crippen LogP contribution in [0.3, 0.4) is 0 Å². The quantitative estimate of drug-likeness (QED) is 0.401. The van der Waals surface area contributed by atoms with Crippen molar-refractivity contribution in [2.45, 2.75) is 19.9 Å². The first-order valence-corrected chi connectivity index (χ1v) is 11.3. The molecule has 5 aromatic rings. The van der Waals surface area contributed by atoms with Gasteiger partial charge in [0.2, 0.25) is 5.88 Å². The summed E-state index contributed by atoms with van der Waals surface area (Å²) < 4.78 is 7.30. The molecule has 0 aliphatic carbocycles. The number of pyridine rings is 2. The lowest BCUT2D eigenvalue weighted by atomic mass is 10.0. The second kappa shape index (κ2) is 7.92. The van der Waals surface area contributed by atoms with Crippen LogP contribution in [-0.2, 0) is 0 Å². The van der Waals surface area contributed by atoms with E-state index < -0.39 is 6.04 Å². The summed E-state index contributed by atoms with van der Waals surface area (Å²) in [5.74, 6) is 1.47. The van der Waals surface area contributed by atoms with Crippen LogP contribution in [0.2, 0.25) is 5.02 Å². The third-order valence-corrected chi connectivity index (χ3v) is 6.47. The number of amides is 1. The molecule has 0 saturated heterocycles. The molecule has 0 bridgehead atoms. The monoisotopic (exact) mass is 485 g/mol. The number of carbonyl (C=O) groups excluding carboxylic acids is 1. The molecule has 1 aliphatic heterocycles. The number of aryl methyl sites for hydroxylation is 2. The van der Waals surface area contributed by atoms with Gasteiger partial charge in [-0.05, 0) is 55.3 Å². The summed E-state index contributed by atoms with van der Waals surface area (Å²) in [5, 5.41) is 9.04. The molecule has 9 nitrogen and oxygen atoms in total. The van der Waals surface area contributed by atoms with Crippen molar-refractivity contribution in [1.82, 2.24) is 29.5 Å². The Labute approximate surface area is 205 Å². The van der Waals surface area contributed by atoms with Crippen LogP contribution in [0, 0.1) is 13.8 Å². The Kier molecular flexibility index (Phi) is 4.82. The molecule has 10 heteroatoms. The van der Waals surface area contributed by atoms with Gasteiger partial charge in [0.15, 0.2) is 11.3 Å². The van der Waals surface area contributed by atoms with Crippen LogP contribution in [0.5, 0.6) is 5.88 Å². The summed E-state index contributed by atoms with van der Waals surface area (Å²) in [4.78, 5) is 27.9. The lowest BCUT2D eigenvalue weighted by Crippen LogP contribution is -2.29. The lowest BCUT2D eigenvalue weighted by Gasteiger charge is -2.26. The number of carbonyl (C=O) groups is 1. The lowest BCUT2D eigenvalue weighted by molar-refractivity contribution is 0.0989. The highest BCUT2D eigenvalue weighted by Gasteiger charge is 2.42. The first-order valence-electron chi connectivity index (χ1n) is 11.0. The number of hydrogen-bond acceptors (Lipinski definition) is 6. The third kappa shape index (κ3) is 3.27. The molecular weight excluding hydrogens is 466 g/mol. The van der Waals surface area contributed by atoms with Crippen molar-refractivity contribution in [3.63, 3.8) is 0 Å². The minimum Gasteiger partial charge on any atom is -0.480 e. The van der Waals surface area contributed by atoms with Crippen molar-refractivity contribution in [3.8, 4) is 17.3 Å². The van der Waals surface area contributed by atoms with Gasteiger partial charge >= 0.3 is 0 Å². The van der Waals surface area contributed by atoms with Gasteiger partial charge in [-0.25, -0.2) is 9.97 Å². The Morgan fingerprint density at radius 2 is 1.91 bits per heavy atom. The van der Waals surface area contributed by atoms with Gasteiger partial charge in [0.25, 0.3) is 5.91 Å². The largest absolute Gasteiger partial charge is 0.480 e. The second-order valence-corrected chi connectivity index (χ2v) is 8.80. The fourth-order valence-electron chi connectivity index (χ4n) is 4.58. The van der Waals surface area contributed by atoms with Gasteiger partial charge in [-0.15, -0.1) is 10.2 Å². The maximum atomic E-state index is 13.8. The van der Waals surface area contributed by atoms with Gasteiger partial charge < -0.3 is 9.72 Å². The molecule has 0 radical (unpaired) electrons. The smallest absolute Gasteiger partial charge is 0.279 e. The zero-order valence-electron chi connectivity index (χ0n) is 19.2. The average Bonchev–Trinajstić information content (AvgIpc) is 3.53. The van der Waals surface area contributed by atoms with Crippen molar-refractivity contribution in [2.24, 2.45) is 0 Å². The summed E-state index contributed by atoms with van der Waals surface area (Å²) in [6, 6.07) is 12.6. The van der Waals surface area contributed by atoms with Crippen LogP contribution in [0.1, 0.15) is 39.2 Å². The second-order valence-electron chi connectivity index (χ2n) is 8.36. The topological polar surface area (TPSA) is 101 Å². The predicted octanol–water partition coefficient (Wildman–Crippen LogP) is 4.54. The number of H-pyrrole nitrogens is 1. The zero-order valence-corrected chi connectivity index (χ0v) is 19.9. The van der Waals surface area contributed by atoms with E-state index in [2.05, 4.69) is 25.1 Å². The fraction of sp³-hybridized carbons (Fsp3) is 0.160. The molecule has 1 atom stereocenters. The number of benzene rings is 1. The number of methoxy groups -OCH3 is 1. The number of rotatable bonds is 4. The number of nitrogens with one attached hydrogen (secondary N) is 1. The van der Waals surface area contributed by atoms with Crippen LogP contribution in [0.15, 0.2) is 54.9 Å². The Morgan fingerprint density at radius 3 is 2.69 bits per heavy atom. The van der Waals surface area contributed by atoms with Gasteiger partial charge in [0.05, 0.1) is 24.1 Å². The summed E-state index contributed by atoms with van der Waals surface area (Å²) in [5.41, 5.74) is 5.00. The number of fused-ring (bicyclic) bond motifs is 2. The zero-order chi connectivity index (χ0) is 24.3. The maximum absolute atomic E-state index is 13.8. The van der Waals surface area contributed by atoms with E-state index in [4.69, 9.17) is 16.3 Å². The molecule has 1 amide bonds. The van der Waals surface area contributed by atoms with E-state index in [1.165, 1.54) is 0 Å². The van der Waals surface area contributed by atoms with Crippen molar-refractivity contribution < 1.29 is 9.53 Å². The Balaban J connectivity index is 1.54. The van der Waals surface area contributed by atoms with Crippen molar-refractivity contribution in [1.29, 1.82) is 0 Å². The Hall–Kier alpha value is -4.24. The van der Waals surface area contributed by atoms with Crippen molar-refractivity contribution >= 4 is 28.8 Å². The molecule has 0 saturated carbocycles. The molecular formula is C25H20ClN7O2. The Morgan fingerprint density at radius 1 is 1.11 bits per heavy atom. The molecule has 35 heavy (non-hydrogen) atoms. The maximum Gasteiger partial charge on any atom is 0.279 e.